The molecule has 0 radical (unpaired) electrons. The van der Waals surface area contributed by atoms with Gasteiger partial charge in [-0.3, -0.25) is 19.9 Å². The minimum absolute atomic E-state index is 0.192. The second-order valence-electron chi connectivity index (χ2n) is 9.39. The van der Waals surface area contributed by atoms with Crippen LogP contribution in [0.2, 0.25) is 0 Å². The van der Waals surface area contributed by atoms with E-state index in [1.165, 1.54) is 6.08 Å². The van der Waals surface area contributed by atoms with Crippen LogP contribution in [-0.4, -0.2) is 49.3 Å². The third kappa shape index (κ3) is 5.29. The van der Waals surface area contributed by atoms with Crippen molar-refractivity contribution in [1.82, 2.24) is 29.6 Å². The molecule has 0 atom stereocenters. The van der Waals surface area contributed by atoms with Gasteiger partial charge in [-0.15, -0.1) is 0 Å². The summed E-state index contributed by atoms with van der Waals surface area (Å²) in [5.41, 5.74) is 5.40. The number of pyridine rings is 1. The Morgan fingerprint density at radius 2 is 2.08 bits per heavy atom. The van der Waals surface area contributed by atoms with Crippen LogP contribution in [0.15, 0.2) is 49.2 Å². The smallest absolute Gasteiger partial charge is 0.258 e. The van der Waals surface area contributed by atoms with Gasteiger partial charge < -0.3 is 14.6 Å². The monoisotopic (exact) mass is 513 g/mol. The lowest BCUT2D eigenvalue weighted by Gasteiger charge is -2.11. The summed E-state index contributed by atoms with van der Waals surface area (Å²) >= 11 is 0. The lowest BCUT2D eigenvalue weighted by atomic mass is 10.1. The van der Waals surface area contributed by atoms with Gasteiger partial charge in [-0.1, -0.05) is 12.6 Å². The average molecular weight is 514 g/mol. The maximum absolute atomic E-state index is 13.4. The first-order valence-corrected chi connectivity index (χ1v) is 12.8. The van der Waals surface area contributed by atoms with Crippen LogP contribution in [0.25, 0.3) is 22.3 Å². The molecular weight excluding hydrogens is 482 g/mol. The molecule has 10 heteroatoms. The summed E-state index contributed by atoms with van der Waals surface area (Å²) < 4.78 is 9.86. The molecule has 0 saturated heterocycles. The fraction of sp³-hybridized carbons (Fsp3) is 0.321. The maximum atomic E-state index is 13.4. The van der Waals surface area contributed by atoms with Crippen LogP contribution in [0.1, 0.15) is 40.9 Å². The molecule has 196 valence electrons. The minimum Gasteiger partial charge on any atom is -0.477 e. The number of aryl methyl sites for hydroxylation is 3. The van der Waals surface area contributed by atoms with Crippen molar-refractivity contribution >= 4 is 28.8 Å². The molecule has 1 aliphatic rings. The zero-order valence-corrected chi connectivity index (χ0v) is 21.7. The van der Waals surface area contributed by atoms with Crippen molar-refractivity contribution in [3.63, 3.8) is 0 Å². The Kier molecular flexibility index (Phi) is 7.21. The second kappa shape index (κ2) is 10.9. The van der Waals surface area contributed by atoms with Crippen molar-refractivity contribution in [2.24, 2.45) is 7.05 Å². The summed E-state index contributed by atoms with van der Waals surface area (Å²) in [6, 6.07) is 9.55. The summed E-state index contributed by atoms with van der Waals surface area (Å²) in [4.78, 5) is 34.3. The molecular formula is C28H31N7O3. The number of nitrogens with one attached hydrogen (secondary N) is 2. The van der Waals surface area contributed by atoms with Gasteiger partial charge in [0, 0.05) is 31.4 Å². The Labute approximate surface area is 220 Å². The van der Waals surface area contributed by atoms with Crippen LogP contribution in [0.3, 0.4) is 0 Å². The number of carbonyl (C=O) groups excluding carboxylic acids is 2. The number of anilines is 1. The predicted molar refractivity (Wildman–Crippen MR) is 145 cm³/mol. The van der Waals surface area contributed by atoms with Gasteiger partial charge in [0.15, 0.2) is 0 Å². The number of aromatic nitrogens is 5. The zero-order chi connectivity index (χ0) is 26.6. The Balaban J connectivity index is 1.49. The number of nitrogens with zero attached hydrogens (tertiary/aromatic N) is 5. The number of imidazole rings is 1. The van der Waals surface area contributed by atoms with E-state index in [-0.39, 0.29) is 11.8 Å². The first kappa shape index (κ1) is 25.2. The summed E-state index contributed by atoms with van der Waals surface area (Å²) in [6.45, 7) is 7.11. The lowest BCUT2D eigenvalue weighted by Crippen LogP contribution is -2.23. The van der Waals surface area contributed by atoms with Crippen LogP contribution in [-0.2, 0) is 24.8 Å². The van der Waals surface area contributed by atoms with Gasteiger partial charge >= 0.3 is 0 Å². The standard InChI is InChI=1S/C28H31N7O3/c1-4-25(36)29-11-10-19-8-9-22-24(15-19)35-12-6-5-7-13-38-27-21(17-30-34(27)3)23-16-20(14-18(2)31-23)26(37)33-28(35)32-22/h4,8-9,14-17H,1,5-7,10-13H2,2-3H3,(H,29,36)(H,32,33,37). The Hall–Kier alpha value is -4.47. The Morgan fingerprint density at radius 1 is 1.21 bits per heavy atom. The van der Waals surface area contributed by atoms with Crippen molar-refractivity contribution < 1.29 is 14.3 Å². The number of carbonyl (C=O) groups is 2. The number of hydrogen-bond acceptors (Lipinski definition) is 6. The molecule has 4 heterocycles. The molecule has 2 amide bonds. The molecule has 0 unspecified atom stereocenters. The van der Waals surface area contributed by atoms with Gasteiger partial charge in [0.2, 0.25) is 17.7 Å². The van der Waals surface area contributed by atoms with Crippen LogP contribution >= 0.6 is 0 Å². The van der Waals surface area contributed by atoms with E-state index in [1.807, 2.05) is 26.1 Å². The Morgan fingerprint density at radius 3 is 2.92 bits per heavy atom. The number of benzene rings is 1. The van der Waals surface area contributed by atoms with Crippen molar-refractivity contribution in [3.8, 4) is 17.1 Å². The highest BCUT2D eigenvalue weighted by Crippen LogP contribution is 2.30. The van der Waals surface area contributed by atoms with E-state index in [0.29, 0.717) is 54.9 Å². The fourth-order valence-corrected chi connectivity index (χ4v) is 4.65. The van der Waals surface area contributed by atoms with Crippen molar-refractivity contribution in [2.45, 2.75) is 39.2 Å². The number of rotatable bonds is 4. The highest BCUT2D eigenvalue weighted by atomic mass is 16.5. The van der Waals surface area contributed by atoms with Crippen LogP contribution in [0.4, 0.5) is 5.95 Å². The first-order chi connectivity index (χ1) is 18.4. The van der Waals surface area contributed by atoms with E-state index in [0.717, 1.165) is 41.4 Å². The van der Waals surface area contributed by atoms with Crippen LogP contribution < -0.4 is 15.4 Å². The first-order valence-electron chi connectivity index (χ1n) is 12.8. The van der Waals surface area contributed by atoms with E-state index in [1.54, 1.807) is 23.0 Å². The second-order valence-corrected chi connectivity index (χ2v) is 9.39. The lowest BCUT2D eigenvalue weighted by molar-refractivity contribution is -0.116. The maximum Gasteiger partial charge on any atom is 0.258 e. The molecule has 2 bridgehead atoms. The number of ether oxygens (including phenoxy) is 1. The van der Waals surface area contributed by atoms with Crippen molar-refractivity contribution in [1.29, 1.82) is 0 Å². The van der Waals surface area contributed by atoms with Crippen LogP contribution in [0.5, 0.6) is 5.88 Å². The van der Waals surface area contributed by atoms with E-state index in [9.17, 15) is 9.59 Å². The van der Waals surface area contributed by atoms with E-state index in [2.05, 4.69) is 37.9 Å². The van der Waals surface area contributed by atoms with Gasteiger partial charge in [-0.05, 0) is 68.5 Å². The fourth-order valence-electron chi connectivity index (χ4n) is 4.65. The summed E-state index contributed by atoms with van der Waals surface area (Å²) in [7, 11) is 1.84. The highest BCUT2D eigenvalue weighted by Gasteiger charge is 2.19. The quantitative estimate of drug-likeness (QED) is 0.401. The van der Waals surface area contributed by atoms with Gasteiger partial charge in [-0.25, -0.2) is 9.67 Å². The molecule has 2 N–H and O–H groups in total. The Bertz CT molecular complexity index is 1520. The summed E-state index contributed by atoms with van der Waals surface area (Å²) in [5, 5.41) is 10.2. The van der Waals surface area contributed by atoms with Gasteiger partial charge in [0.1, 0.15) is 0 Å². The molecule has 3 aromatic heterocycles. The zero-order valence-electron chi connectivity index (χ0n) is 21.7. The van der Waals surface area contributed by atoms with E-state index < -0.39 is 0 Å². The van der Waals surface area contributed by atoms with Gasteiger partial charge in [0.05, 0.1) is 35.1 Å². The molecule has 10 nitrogen and oxygen atoms in total. The third-order valence-corrected chi connectivity index (χ3v) is 6.58. The van der Waals surface area contributed by atoms with E-state index >= 15 is 0 Å². The molecule has 38 heavy (non-hydrogen) atoms. The summed E-state index contributed by atoms with van der Waals surface area (Å²) in [5.74, 6) is 0.691. The molecule has 0 aliphatic carbocycles. The van der Waals surface area contributed by atoms with Crippen LogP contribution in [0, 0.1) is 6.92 Å². The normalized spacial score (nSPS) is 13.9. The highest BCUT2D eigenvalue weighted by molar-refractivity contribution is 6.04. The minimum atomic E-state index is -0.262. The topological polar surface area (TPSA) is 116 Å². The predicted octanol–water partition coefficient (Wildman–Crippen LogP) is 3.80. The van der Waals surface area contributed by atoms with Gasteiger partial charge in [0.25, 0.3) is 5.91 Å². The molecule has 5 rings (SSSR count). The third-order valence-electron chi connectivity index (χ3n) is 6.58. The number of hydrogen-bond donors (Lipinski definition) is 2. The summed E-state index contributed by atoms with van der Waals surface area (Å²) in [6.07, 6.45) is 6.37. The molecule has 0 spiro atoms. The van der Waals surface area contributed by atoms with Crippen molar-refractivity contribution in [3.05, 3.63) is 66.0 Å². The molecule has 1 aromatic carbocycles. The molecule has 0 saturated carbocycles. The average Bonchev–Trinajstić information content (AvgIpc) is 3.44. The molecule has 4 aromatic rings. The molecule has 0 fully saturated rings. The number of amides is 2. The SMILES string of the molecule is C=CC(=O)NCCc1ccc2nc3n(c2c1)CCCCCOc1c(cnn1C)-c1cc(cc(C)n1)C(=O)N3. The van der Waals surface area contributed by atoms with Crippen molar-refractivity contribution in [2.75, 3.05) is 18.5 Å². The number of fused-ring (bicyclic) bond motifs is 7. The largest absolute Gasteiger partial charge is 0.477 e. The van der Waals surface area contributed by atoms with E-state index in [4.69, 9.17) is 9.72 Å². The van der Waals surface area contributed by atoms with Gasteiger partial charge in [-0.2, -0.15) is 5.10 Å². The molecule has 1 aliphatic heterocycles.